The quantitative estimate of drug-likeness (QED) is 0.427. The van der Waals surface area contributed by atoms with Gasteiger partial charge in [0.2, 0.25) is 0 Å². The van der Waals surface area contributed by atoms with Crippen LogP contribution in [0.25, 0.3) is 0 Å². The van der Waals surface area contributed by atoms with Gasteiger partial charge in [0.1, 0.15) is 12.3 Å². The lowest BCUT2D eigenvalue weighted by Gasteiger charge is -2.19. The molecule has 1 aromatic heterocycles. The van der Waals surface area contributed by atoms with Crippen LogP contribution < -0.4 is 5.19 Å². The highest BCUT2D eigenvalue weighted by molar-refractivity contribution is 7.87. The molecule has 24 heavy (non-hydrogen) atoms. The van der Waals surface area contributed by atoms with Gasteiger partial charge in [-0.1, -0.05) is 31.5 Å². The van der Waals surface area contributed by atoms with E-state index in [9.17, 15) is 13.2 Å². The average Bonchev–Trinajstić information content (AvgIpc) is 2.86. The maximum atomic E-state index is 12.6. The summed E-state index contributed by atoms with van der Waals surface area (Å²) < 4.78 is 37.0. The fourth-order valence-corrected chi connectivity index (χ4v) is 5.12. The number of methoxy groups -OCH3 is 2. The van der Waals surface area contributed by atoms with Gasteiger partial charge >= 0.3 is 16.2 Å². The molecule has 0 unspecified atom stereocenters. The van der Waals surface area contributed by atoms with Crippen LogP contribution in [-0.4, -0.2) is 65.7 Å². The van der Waals surface area contributed by atoms with E-state index in [1.54, 1.807) is 0 Å². The van der Waals surface area contributed by atoms with Gasteiger partial charge in [0.15, 0.2) is 0 Å². The van der Waals surface area contributed by atoms with Crippen LogP contribution in [0.5, 0.6) is 0 Å². The van der Waals surface area contributed by atoms with E-state index in [1.807, 2.05) is 19.6 Å². The van der Waals surface area contributed by atoms with E-state index in [-0.39, 0.29) is 12.3 Å². The van der Waals surface area contributed by atoms with Crippen LogP contribution >= 0.6 is 0 Å². The van der Waals surface area contributed by atoms with Crippen LogP contribution in [0.2, 0.25) is 19.6 Å². The Bertz CT molecular complexity index is 779. The molecule has 1 aromatic rings. The Hall–Kier alpha value is -1.60. The lowest BCUT2D eigenvalue weighted by atomic mass is 10.3. The molecule has 0 bridgehead atoms. The molecule has 0 N–H and O–H groups in total. The minimum Gasteiger partial charge on any atom is -0.464 e. The highest BCUT2D eigenvalue weighted by atomic mass is 32.2. The lowest BCUT2D eigenvalue weighted by molar-refractivity contribution is 0.0594. The number of ether oxygens (including phenoxy) is 2. The maximum absolute atomic E-state index is 12.6. The summed E-state index contributed by atoms with van der Waals surface area (Å²) in [5.41, 5.74) is 0.532. The normalized spacial score (nSPS) is 12.0. The first-order chi connectivity index (χ1) is 11.0. The Kier molecular flexibility index (Phi) is 6.41. The third kappa shape index (κ3) is 4.07. The summed E-state index contributed by atoms with van der Waals surface area (Å²) in [6, 6.07) is 0. The molecule has 0 saturated heterocycles. The second-order valence-corrected chi connectivity index (χ2v) is 13.3. The molecular formula is C15H24N2O5SSi. The number of hydrogen-bond donors (Lipinski definition) is 0. The molecule has 0 aliphatic heterocycles. The van der Waals surface area contributed by atoms with Crippen LogP contribution in [0.15, 0.2) is 6.20 Å². The molecule has 0 radical (unpaired) electrons. The van der Waals surface area contributed by atoms with E-state index in [0.717, 1.165) is 8.28 Å². The van der Waals surface area contributed by atoms with Gasteiger partial charge in [-0.2, -0.15) is 12.7 Å². The van der Waals surface area contributed by atoms with Gasteiger partial charge in [0, 0.05) is 33.0 Å². The molecule has 9 heteroatoms. The number of carbonyl (C=O) groups excluding carboxylic acids is 1. The minimum absolute atomic E-state index is 0.0204. The van der Waals surface area contributed by atoms with E-state index < -0.39 is 24.3 Å². The molecule has 1 rings (SSSR count). The summed E-state index contributed by atoms with van der Waals surface area (Å²) >= 11 is 0. The molecule has 7 nitrogen and oxygen atoms in total. The second kappa shape index (κ2) is 7.52. The van der Waals surface area contributed by atoms with Crippen molar-refractivity contribution in [2.75, 3.05) is 34.9 Å². The third-order valence-corrected chi connectivity index (χ3v) is 6.97. The van der Waals surface area contributed by atoms with Crippen molar-refractivity contribution in [2.24, 2.45) is 0 Å². The van der Waals surface area contributed by atoms with Crippen molar-refractivity contribution in [2.45, 2.75) is 19.6 Å². The van der Waals surface area contributed by atoms with Crippen molar-refractivity contribution in [3.8, 4) is 11.8 Å². The molecule has 0 aromatic carbocycles. The van der Waals surface area contributed by atoms with E-state index in [1.165, 1.54) is 34.5 Å². The van der Waals surface area contributed by atoms with Gasteiger partial charge in [-0.25, -0.2) is 8.77 Å². The highest BCUT2D eigenvalue weighted by Gasteiger charge is 2.35. The van der Waals surface area contributed by atoms with Crippen LogP contribution in [0.1, 0.15) is 16.1 Å². The summed E-state index contributed by atoms with van der Waals surface area (Å²) in [7, 11) is -0.426. The zero-order chi connectivity index (χ0) is 18.7. The largest absolute Gasteiger partial charge is 0.464 e. The molecule has 134 valence electrons. The van der Waals surface area contributed by atoms with Crippen LogP contribution in [0.3, 0.4) is 0 Å². The van der Waals surface area contributed by atoms with E-state index >= 15 is 0 Å². The highest BCUT2D eigenvalue weighted by Crippen LogP contribution is 2.18. The van der Waals surface area contributed by atoms with Crippen molar-refractivity contribution in [1.29, 1.82) is 0 Å². The predicted molar refractivity (Wildman–Crippen MR) is 95.5 cm³/mol. The monoisotopic (exact) mass is 372 g/mol. The number of rotatable bonds is 5. The Balaban J connectivity index is 3.86. The van der Waals surface area contributed by atoms with Gasteiger partial charge in [-0.05, 0) is 5.19 Å². The number of carbonyl (C=O) groups is 1. The number of esters is 1. The first-order valence-corrected chi connectivity index (χ1v) is 12.1. The first-order valence-electron chi connectivity index (χ1n) is 7.23. The Labute approximate surface area is 144 Å². The standard InChI is InChI=1S/C15H24N2O5SSi/c1-16(2)23(19,20)17-11-12(9-8-10-21-3)14(24(5,6)7)13(17)15(18)22-4/h11H,10H2,1-7H3. The van der Waals surface area contributed by atoms with Crippen molar-refractivity contribution in [3.05, 3.63) is 17.5 Å². The molecule has 0 amide bonds. The van der Waals surface area contributed by atoms with Crippen LogP contribution in [0, 0.1) is 11.8 Å². The molecule has 0 atom stereocenters. The van der Waals surface area contributed by atoms with Crippen LogP contribution in [-0.2, 0) is 19.7 Å². The minimum atomic E-state index is -3.88. The Morgan fingerprint density at radius 3 is 2.29 bits per heavy atom. The third-order valence-electron chi connectivity index (χ3n) is 3.25. The zero-order valence-corrected chi connectivity index (χ0v) is 16.9. The fraction of sp³-hybridized carbons (Fsp3) is 0.533. The molecule has 0 saturated carbocycles. The van der Waals surface area contributed by atoms with E-state index in [2.05, 4.69) is 11.8 Å². The summed E-state index contributed by atoms with van der Waals surface area (Å²) in [6.07, 6.45) is 1.39. The molecule has 0 fully saturated rings. The molecule has 1 heterocycles. The Morgan fingerprint density at radius 1 is 1.29 bits per heavy atom. The zero-order valence-electron chi connectivity index (χ0n) is 15.1. The van der Waals surface area contributed by atoms with E-state index in [0.29, 0.717) is 10.8 Å². The summed E-state index contributed by atoms with van der Waals surface area (Å²) in [5.74, 6) is 5.04. The summed E-state index contributed by atoms with van der Waals surface area (Å²) in [5, 5.41) is 0.656. The van der Waals surface area contributed by atoms with E-state index in [4.69, 9.17) is 9.47 Å². The summed E-state index contributed by atoms with van der Waals surface area (Å²) in [4.78, 5) is 12.3. The lowest BCUT2D eigenvalue weighted by Crippen LogP contribution is -2.44. The number of nitrogens with zero attached hydrogens (tertiary/aromatic N) is 2. The van der Waals surface area contributed by atoms with Crippen molar-refractivity contribution < 1.29 is 22.7 Å². The number of hydrogen-bond acceptors (Lipinski definition) is 5. The van der Waals surface area contributed by atoms with Crippen LogP contribution in [0.4, 0.5) is 0 Å². The predicted octanol–water partition coefficient (Wildman–Crippen LogP) is 0.472. The molecular weight excluding hydrogens is 348 g/mol. The topological polar surface area (TPSA) is 77.8 Å². The molecule has 0 aliphatic rings. The van der Waals surface area contributed by atoms with Crippen molar-refractivity contribution >= 4 is 29.4 Å². The van der Waals surface area contributed by atoms with Gasteiger partial charge in [0.05, 0.1) is 15.2 Å². The molecule has 0 aliphatic carbocycles. The first kappa shape index (κ1) is 20.4. The second-order valence-electron chi connectivity index (χ2n) is 6.33. The van der Waals surface area contributed by atoms with Crippen molar-refractivity contribution in [1.82, 2.24) is 8.28 Å². The smallest absolute Gasteiger partial charge is 0.355 e. The number of aromatic nitrogens is 1. The van der Waals surface area contributed by atoms with Gasteiger partial charge in [-0.15, -0.1) is 0 Å². The van der Waals surface area contributed by atoms with Gasteiger partial charge < -0.3 is 9.47 Å². The van der Waals surface area contributed by atoms with Crippen molar-refractivity contribution in [3.63, 3.8) is 0 Å². The average molecular weight is 373 g/mol. The molecule has 0 spiro atoms. The van der Waals surface area contributed by atoms with Gasteiger partial charge in [0.25, 0.3) is 0 Å². The maximum Gasteiger partial charge on any atom is 0.355 e. The fourth-order valence-electron chi connectivity index (χ4n) is 2.19. The SMILES string of the molecule is COCC#Cc1cn(S(=O)(=O)N(C)C)c(C(=O)OC)c1[Si](C)(C)C. The summed E-state index contributed by atoms with van der Waals surface area (Å²) in [6.45, 7) is 6.26. The van der Waals surface area contributed by atoms with Gasteiger partial charge in [-0.3, -0.25) is 0 Å². The Morgan fingerprint density at radius 2 is 1.88 bits per heavy atom.